The van der Waals surface area contributed by atoms with E-state index in [-0.39, 0.29) is 29.1 Å². The van der Waals surface area contributed by atoms with Crippen molar-refractivity contribution in [1.82, 2.24) is 15.2 Å². The number of aromatic hydroxyl groups is 1. The summed E-state index contributed by atoms with van der Waals surface area (Å²) in [6.45, 7) is 15.4. The highest BCUT2D eigenvalue weighted by Crippen LogP contribution is 2.42. The first kappa shape index (κ1) is 40.8. The second-order valence-corrected chi connectivity index (χ2v) is 21.6. The molecule has 0 unspecified atom stereocenters. The molecule has 3 aromatic carbocycles. The molecule has 0 aliphatic carbocycles. The highest BCUT2D eigenvalue weighted by atomic mass is 35.5. The van der Waals surface area contributed by atoms with Gasteiger partial charge in [0.25, 0.3) is 0 Å². The number of benzene rings is 3. The highest BCUT2D eigenvalue weighted by Gasteiger charge is 2.40. The SMILES string of the molecule is COc1cc(OCC(=O)OCCCc2ccccc2[C@@H]2CN3CCC2CC3)c(Cl)cc1CNC[C@H](O[Si](C)(C)C(C)(C)C)c1ccc(O)c2[nH]c(=O)ccc12. The first-order valence-corrected chi connectivity index (χ1v) is 22.7. The third-order valence-electron chi connectivity index (χ3n) is 11.8. The van der Waals surface area contributed by atoms with Crippen molar-refractivity contribution in [2.75, 3.05) is 46.5 Å². The lowest BCUT2D eigenvalue weighted by Crippen LogP contribution is -2.46. The number of carbonyl (C=O) groups excluding carboxylic acids is 1. The van der Waals surface area contributed by atoms with Gasteiger partial charge in [-0.15, -0.1) is 0 Å². The average molecular weight is 790 g/mol. The largest absolute Gasteiger partial charge is 0.506 e. The fraction of sp³-hybridized carbons (Fsp3) is 0.488. The van der Waals surface area contributed by atoms with Crippen LogP contribution in [0.2, 0.25) is 23.2 Å². The molecule has 2 atom stereocenters. The first-order valence-electron chi connectivity index (χ1n) is 19.4. The number of piperidine rings is 3. The molecule has 4 aromatic rings. The Hall–Kier alpha value is -3.87. The van der Waals surface area contributed by atoms with Crippen molar-refractivity contribution < 1.29 is 28.5 Å². The van der Waals surface area contributed by atoms with Gasteiger partial charge in [0.15, 0.2) is 14.9 Å². The molecule has 3 saturated heterocycles. The Morgan fingerprint density at radius 2 is 1.82 bits per heavy atom. The Kier molecular flexibility index (Phi) is 13.0. The Balaban J connectivity index is 1.04. The zero-order valence-corrected chi connectivity index (χ0v) is 34.8. The monoisotopic (exact) mass is 789 g/mol. The number of phenols is 1. The molecule has 0 saturated carbocycles. The Bertz CT molecular complexity index is 2020. The number of ether oxygens (including phenoxy) is 3. The molecule has 55 heavy (non-hydrogen) atoms. The summed E-state index contributed by atoms with van der Waals surface area (Å²) in [7, 11) is -0.683. The minimum atomic E-state index is -2.26. The number of aromatic amines is 1. The van der Waals surface area contributed by atoms with Gasteiger partial charge in [0, 0.05) is 42.7 Å². The average Bonchev–Trinajstić information content (AvgIpc) is 3.16. The van der Waals surface area contributed by atoms with Gasteiger partial charge in [-0.1, -0.05) is 62.7 Å². The van der Waals surface area contributed by atoms with Gasteiger partial charge in [0.05, 0.1) is 30.4 Å². The van der Waals surface area contributed by atoms with E-state index in [1.807, 2.05) is 6.07 Å². The van der Waals surface area contributed by atoms with E-state index in [1.165, 1.54) is 43.1 Å². The zero-order valence-electron chi connectivity index (χ0n) is 33.0. The van der Waals surface area contributed by atoms with Crippen LogP contribution in [0.4, 0.5) is 0 Å². The normalized spacial score (nSPS) is 19.0. The van der Waals surface area contributed by atoms with E-state index in [0.717, 1.165) is 41.8 Å². The number of nitrogens with one attached hydrogen (secondary N) is 2. The van der Waals surface area contributed by atoms with E-state index in [2.05, 4.69) is 73.3 Å². The molecule has 3 N–H and O–H groups in total. The van der Waals surface area contributed by atoms with Gasteiger partial charge in [-0.3, -0.25) is 4.79 Å². The molecule has 7 rings (SSSR count). The van der Waals surface area contributed by atoms with Gasteiger partial charge in [-0.05, 0) is 104 Å². The number of aromatic nitrogens is 1. The number of pyridine rings is 1. The van der Waals surface area contributed by atoms with Gasteiger partial charge < -0.3 is 38.9 Å². The molecule has 0 amide bonds. The lowest BCUT2D eigenvalue weighted by molar-refractivity contribution is -0.146. The zero-order chi connectivity index (χ0) is 39.3. The number of esters is 1. The van der Waals surface area contributed by atoms with Crippen LogP contribution in [0.15, 0.2) is 65.5 Å². The summed E-state index contributed by atoms with van der Waals surface area (Å²) in [6, 6.07) is 18.8. The van der Waals surface area contributed by atoms with Crippen LogP contribution in [0.3, 0.4) is 0 Å². The molecule has 3 aliphatic rings. The number of hydrogen-bond acceptors (Lipinski definition) is 9. The molecular formula is C43H56ClN3O7Si. The summed E-state index contributed by atoms with van der Waals surface area (Å²) in [5.41, 5.74) is 4.55. The maximum atomic E-state index is 12.7. The lowest BCUT2D eigenvalue weighted by atomic mass is 9.74. The maximum Gasteiger partial charge on any atom is 0.344 e. The minimum Gasteiger partial charge on any atom is -0.506 e. The predicted octanol–water partition coefficient (Wildman–Crippen LogP) is 8.11. The lowest BCUT2D eigenvalue weighted by Gasteiger charge is -2.45. The van der Waals surface area contributed by atoms with E-state index < -0.39 is 14.3 Å². The standard InChI is InChI=1S/C43H56ClN3O7Si/c1-43(2,3)55(5,6)54-39(32-13-15-36(48)42-33(32)14-16-40(49)46-42)25-45-24-30-22-35(44)38(23-37(30)51-4)53-27-41(50)52-21-9-11-28-10-7-8-12-31(28)34-26-47-19-17-29(34)18-20-47/h7-8,10,12-16,22-23,29,34,39,45,48H,9,11,17-21,24-27H2,1-6H3,(H,46,49)/t34-,39+/m1/s1. The summed E-state index contributed by atoms with van der Waals surface area (Å²) in [5, 5.41) is 15.1. The van der Waals surface area contributed by atoms with E-state index in [0.29, 0.717) is 47.7 Å². The molecule has 0 spiro atoms. The molecule has 2 bridgehead atoms. The van der Waals surface area contributed by atoms with E-state index in [4.69, 9.17) is 30.2 Å². The van der Waals surface area contributed by atoms with Gasteiger partial charge in [0.1, 0.15) is 17.2 Å². The summed E-state index contributed by atoms with van der Waals surface area (Å²) < 4.78 is 24.0. The molecular weight excluding hydrogens is 734 g/mol. The minimum absolute atomic E-state index is 0.00153. The quantitative estimate of drug-likeness (QED) is 0.0587. The number of methoxy groups -OCH3 is 1. The number of carbonyl (C=O) groups is 1. The number of nitrogens with zero attached hydrogens (tertiary/aromatic N) is 1. The smallest absolute Gasteiger partial charge is 0.344 e. The number of phenolic OH excluding ortho intramolecular Hbond substituents is 1. The third-order valence-corrected chi connectivity index (χ3v) is 16.6. The van der Waals surface area contributed by atoms with Crippen LogP contribution in [0.5, 0.6) is 17.2 Å². The summed E-state index contributed by atoms with van der Waals surface area (Å²) >= 11 is 6.67. The Labute approximate surface area is 330 Å². The number of halogens is 1. The number of fused-ring (bicyclic) bond motifs is 4. The Morgan fingerprint density at radius 1 is 1.05 bits per heavy atom. The van der Waals surface area contributed by atoms with Crippen LogP contribution in [0, 0.1) is 5.92 Å². The summed E-state index contributed by atoms with van der Waals surface area (Å²) in [4.78, 5) is 30.1. The fourth-order valence-electron chi connectivity index (χ4n) is 7.71. The second kappa shape index (κ2) is 17.5. The molecule has 10 nitrogen and oxygen atoms in total. The molecule has 4 heterocycles. The van der Waals surface area contributed by atoms with Crippen LogP contribution in [0.25, 0.3) is 10.9 Å². The van der Waals surface area contributed by atoms with E-state index >= 15 is 0 Å². The van der Waals surface area contributed by atoms with E-state index in [1.54, 1.807) is 31.4 Å². The fourth-order valence-corrected chi connectivity index (χ4v) is 9.22. The van der Waals surface area contributed by atoms with Gasteiger partial charge in [-0.2, -0.15) is 0 Å². The van der Waals surface area contributed by atoms with Crippen molar-refractivity contribution in [3.8, 4) is 17.2 Å². The second-order valence-electron chi connectivity index (χ2n) is 16.4. The van der Waals surface area contributed by atoms with Crippen molar-refractivity contribution in [2.45, 2.75) is 83.2 Å². The van der Waals surface area contributed by atoms with Crippen LogP contribution in [0.1, 0.15) is 74.3 Å². The molecule has 12 heteroatoms. The summed E-state index contributed by atoms with van der Waals surface area (Å²) in [5.74, 6) is 1.79. The van der Waals surface area contributed by atoms with Crippen LogP contribution < -0.4 is 20.3 Å². The third kappa shape index (κ3) is 9.75. The number of H-pyrrole nitrogens is 1. The van der Waals surface area contributed by atoms with E-state index in [9.17, 15) is 14.7 Å². The van der Waals surface area contributed by atoms with Crippen molar-refractivity contribution in [1.29, 1.82) is 0 Å². The van der Waals surface area contributed by atoms with Crippen molar-refractivity contribution in [3.05, 3.63) is 98.3 Å². The Morgan fingerprint density at radius 3 is 2.53 bits per heavy atom. The van der Waals surface area contributed by atoms with Crippen molar-refractivity contribution in [3.63, 3.8) is 0 Å². The molecule has 0 radical (unpaired) electrons. The van der Waals surface area contributed by atoms with Crippen LogP contribution in [-0.2, 0) is 26.9 Å². The number of rotatable bonds is 16. The maximum absolute atomic E-state index is 12.7. The van der Waals surface area contributed by atoms with Crippen molar-refractivity contribution >= 4 is 36.8 Å². The van der Waals surface area contributed by atoms with Crippen molar-refractivity contribution in [2.24, 2.45) is 5.92 Å². The van der Waals surface area contributed by atoms with Gasteiger partial charge >= 0.3 is 5.97 Å². The number of aryl methyl sites for hydroxylation is 1. The number of hydrogen-bond donors (Lipinski definition) is 3. The topological polar surface area (TPSA) is 122 Å². The first-order chi connectivity index (χ1) is 26.2. The summed E-state index contributed by atoms with van der Waals surface area (Å²) in [6.07, 6.45) is 3.78. The highest BCUT2D eigenvalue weighted by molar-refractivity contribution is 6.74. The predicted molar refractivity (Wildman–Crippen MR) is 220 cm³/mol. The molecule has 3 fully saturated rings. The van der Waals surface area contributed by atoms with Crippen LogP contribution in [-0.4, -0.2) is 75.8 Å². The molecule has 3 aliphatic heterocycles. The van der Waals surface area contributed by atoms with Gasteiger partial charge in [-0.25, -0.2) is 4.79 Å². The molecule has 296 valence electrons. The van der Waals surface area contributed by atoms with Crippen LogP contribution >= 0.6 is 11.6 Å². The van der Waals surface area contributed by atoms with Gasteiger partial charge in [0.2, 0.25) is 5.56 Å². The molecule has 1 aromatic heterocycles.